The van der Waals surface area contributed by atoms with Crippen LogP contribution in [0.5, 0.6) is 0 Å². The SMILES string of the molecule is O=Cc1cnc2c(C3CC3)ccnn12. The van der Waals surface area contributed by atoms with Crippen LogP contribution in [0, 0.1) is 0 Å². The van der Waals surface area contributed by atoms with E-state index >= 15 is 0 Å². The fourth-order valence-electron chi connectivity index (χ4n) is 1.73. The van der Waals surface area contributed by atoms with Crippen molar-refractivity contribution in [2.24, 2.45) is 0 Å². The second-order valence-corrected chi connectivity index (χ2v) is 3.60. The molecule has 0 unspecified atom stereocenters. The standard InChI is InChI=1S/C10H9N3O/c14-6-8-5-11-10-9(7-1-2-7)3-4-12-13(8)10/h3-7H,1-2H2. The molecule has 0 atom stereocenters. The molecule has 3 rings (SSSR count). The zero-order valence-corrected chi connectivity index (χ0v) is 7.55. The molecule has 0 radical (unpaired) electrons. The van der Waals surface area contributed by atoms with E-state index in [-0.39, 0.29) is 0 Å². The number of hydrogen-bond acceptors (Lipinski definition) is 3. The zero-order chi connectivity index (χ0) is 9.54. The van der Waals surface area contributed by atoms with Crippen molar-refractivity contribution in [1.82, 2.24) is 14.6 Å². The lowest BCUT2D eigenvalue weighted by Gasteiger charge is -1.99. The lowest BCUT2D eigenvalue weighted by molar-refractivity contribution is 0.111. The number of fused-ring (bicyclic) bond motifs is 1. The summed E-state index contributed by atoms with van der Waals surface area (Å²) in [7, 11) is 0. The highest BCUT2D eigenvalue weighted by atomic mass is 16.1. The molecule has 1 saturated carbocycles. The molecule has 14 heavy (non-hydrogen) atoms. The number of aldehydes is 1. The number of aromatic nitrogens is 3. The minimum absolute atomic E-state index is 0.516. The Morgan fingerprint density at radius 2 is 2.36 bits per heavy atom. The highest BCUT2D eigenvalue weighted by Crippen LogP contribution is 2.41. The van der Waals surface area contributed by atoms with E-state index in [0.29, 0.717) is 11.6 Å². The van der Waals surface area contributed by atoms with Crippen LogP contribution in [0.15, 0.2) is 18.5 Å². The van der Waals surface area contributed by atoms with Crippen molar-refractivity contribution in [1.29, 1.82) is 0 Å². The lowest BCUT2D eigenvalue weighted by atomic mass is 10.2. The average molecular weight is 187 g/mol. The first kappa shape index (κ1) is 7.67. The van der Waals surface area contributed by atoms with Gasteiger partial charge >= 0.3 is 0 Å². The normalized spacial score (nSPS) is 16.0. The monoisotopic (exact) mass is 187 g/mol. The molecule has 2 aromatic heterocycles. The van der Waals surface area contributed by atoms with Crippen LogP contribution < -0.4 is 0 Å². The van der Waals surface area contributed by atoms with Gasteiger partial charge in [-0.15, -0.1) is 0 Å². The number of nitrogens with zero attached hydrogens (tertiary/aromatic N) is 3. The van der Waals surface area contributed by atoms with Crippen molar-refractivity contribution in [3.63, 3.8) is 0 Å². The molecule has 70 valence electrons. The summed E-state index contributed by atoms with van der Waals surface area (Å²) in [4.78, 5) is 14.9. The average Bonchev–Trinajstić information content (AvgIpc) is 2.97. The Morgan fingerprint density at radius 3 is 3.07 bits per heavy atom. The first-order valence-electron chi connectivity index (χ1n) is 4.68. The summed E-state index contributed by atoms with van der Waals surface area (Å²) in [5.41, 5.74) is 2.56. The third-order valence-corrected chi connectivity index (χ3v) is 2.60. The minimum atomic E-state index is 0.516. The second kappa shape index (κ2) is 2.64. The summed E-state index contributed by atoms with van der Waals surface area (Å²) >= 11 is 0. The number of carbonyl (C=O) groups is 1. The van der Waals surface area contributed by atoms with E-state index in [9.17, 15) is 4.79 Å². The van der Waals surface area contributed by atoms with E-state index in [1.54, 1.807) is 16.9 Å². The summed E-state index contributed by atoms with van der Waals surface area (Å²) in [5, 5.41) is 4.11. The Morgan fingerprint density at radius 1 is 1.50 bits per heavy atom. The van der Waals surface area contributed by atoms with Gasteiger partial charge in [0.1, 0.15) is 5.69 Å². The van der Waals surface area contributed by atoms with Crippen LogP contribution in [-0.4, -0.2) is 20.9 Å². The highest BCUT2D eigenvalue weighted by Gasteiger charge is 2.26. The third-order valence-electron chi connectivity index (χ3n) is 2.60. The van der Waals surface area contributed by atoms with Crippen LogP contribution in [-0.2, 0) is 0 Å². The molecule has 0 aromatic carbocycles. The van der Waals surface area contributed by atoms with Crippen LogP contribution >= 0.6 is 0 Å². The van der Waals surface area contributed by atoms with E-state index < -0.39 is 0 Å². The molecule has 4 heteroatoms. The Balaban J connectivity index is 2.31. The molecule has 2 heterocycles. The first-order chi connectivity index (χ1) is 6.90. The molecule has 1 fully saturated rings. The molecule has 1 aliphatic carbocycles. The van der Waals surface area contributed by atoms with Gasteiger partial charge in [-0.3, -0.25) is 4.79 Å². The van der Waals surface area contributed by atoms with Gasteiger partial charge in [-0.05, 0) is 24.8 Å². The summed E-state index contributed by atoms with van der Waals surface area (Å²) in [6.07, 6.45) is 6.53. The highest BCUT2D eigenvalue weighted by molar-refractivity contribution is 5.74. The topological polar surface area (TPSA) is 47.3 Å². The van der Waals surface area contributed by atoms with Gasteiger partial charge < -0.3 is 0 Å². The van der Waals surface area contributed by atoms with Crippen molar-refractivity contribution in [2.75, 3.05) is 0 Å². The number of rotatable bonds is 2. The van der Waals surface area contributed by atoms with Gasteiger partial charge in [-0.1, -0.05) is 0 Å². The molecule has 0 N–H and O–H groups in total. The van der Waals surface area contributed by atoms with E-state index in [4.69, 9.17) is 0 Å². The summed E-state index contributed by atoms with van der Waals surface area (Å²) in [6.45, 7) is 0. The predicted octanol–water partition coefficient (Wildman–Crippen LogP) is 1.42. The van der Waals surface area contributed by atoms with Gasteiger partial charge in [-0.25, -0.2) is 9.50 Å². The summed E-state index contributed by atoms with van der Waals surface area (Å²) in [6, 6.07) is 1.99. The van der Waals surface area contributed by atoms with E-state index in [1.807, 2.05) is 6.07 Å². The first-order valence-corrected chi connectivity index (χ1v) is 4.68. The molecule has 0 amide bonds. The second-order valence-electron chi connectivity index (χ2n) is 3.60. The van der Waals surface area contributed by atoms with Gasteiger partial charge in [0.2, 0.25) is 0 Å². The third kappa shape index (κ3) is 0.968. The lowest BCUT2D eigenvalue weighted by Crippen LogP contribution is -1.98. The Labute approximate surface area is 80.6 Å². The van der Waals surface area contributed by atoms with Crippen molar-refractivity contribution in [2.45, 2.75) is 18.8 Å². The maximum atomic E-state index is 10.7. The van der Waals surface area contributed by atoms with Gasteiger partial charge in [-0.2, -0.15) is 5.10 Å². The fraction of sp³-hybridized carbons (Fsp3) is 0.300. The van der Waals surface area contributed by atoms with Crippen LogP contribution in [0.3, 0.4) is 0 Å². The van der Waals surface area contributed by atoms with Crippen molar-refractivity contribution in [3.05, 3.63) is 29.7 Å². The molecule has 2 aromatic rings. The van der Waals surface area contributed by atoms with Gasteiger partial charge in [0, 0.05) is 11.8 Å². The number of carbonyl (C=O) groups excluding carboxylic acids is 1. The quantitative estimate of drug-likeness (QED) is 0.668. The van der Waals surface area contributed by atoms with Crippen molar-refractivity contribution < 1.29 is 4.79 Å². The van der Waals surface area contributed by atoms with Crippen molar-refractivity contribution in [3.8, 4) is 0 Å². The van der Waals surface area contributed by atoms with E-state index in [2.05, 4.69) is 10.1 Å². The molecular formula is C10H9N3O. The van der Waals surface area contributed by atoms with Crippen LogP contribution in [0.4, 0.5) is 0 Å². The van der Waals surface area contributed by atoms with Crippen molar-refractivity contribution >= 4 is 11.9 Å². The van der Waals surface area contributed by atoms with E-state index in [1.165, 1.54) is 18.4 Å². The summed E-state index contributed by atoms with van der Waals surface area (Å²) in [5.74, 6) is 0.627. The van der Waals surface area contributed by atoms with Gasteiger partial charge in [0.25, 0.3) is 0 Å². The fourth-order valence-corrected chi connectivity index (χ4v) is 1.73. The van der Waals surface area contributed by atoms with Gasteiger partial charge in [0.05, 0.1) is 6.20 Å². The molecular weight excluding hydrogens is 178 g/mol. The molecule has 0 bridgehead atoms. The Bertz CT molecular complexity index is 499. The Kier molecular flexibility index (Phi) is 1.45. The van der Waals surface area contributed by atoms with Crippen LogP contribution in [0.2, 0.25) is 0 Å². The van der Waals surface area contributed by atoms with Crippen LogP contribution in [0.25, 0.3) is 5.65 Å². The molecule has 0 saturated heterocycles. The molecule has 0 aliphatic heterocycles. The molecule has 4 nitrogen and oxygen atoms in total. The minimum Gasteiger partial charge on any atom is -0.296 e. The number of imidazole rings is 1. The Hall–Kier alpha value is -1.71. The number of hydrogen-bond donors (Lipinski definition) is 0. The molecule has 1 aliphatic rings. The summed E-state index contributed by atoms with van der Waals surface area (Å²) < 4.78 is 1.61. The maximum Gasteiger partial charge on any atom is 0.170 e. The van der Waals surface area contributed by atoms with Crippen LogP contribution in [0.1, 0.15) is 34.8 Å². The smallest absolute Gasteiger partial charge is 0.170 e. The largest absolute Gasteiger partial charge is 0.296 e. The zero-order valence-electron chi connectivity index (χ0n) is 7.55. The van der Waals surface area contributed by atoms with E-state index in [0.717, 1.165) is 11.9 Å². The van der Waals surface area contributed by atoms with Gasteiger partial charge in [0.15, 0.2) is 11.9 Å². The maximum absolute atomic E-state index is 10.7. The predicted molar refractivity (Wildman–Crippen MR) is 50.3 cm³/mol. The molecule has 0 spiro atoms.